The van der Waals surface area contributed by atoms with E-state index in [0.717, 1.165) is 23.2 Å². The van der Waals surface area contributed by atoms with E-state index < -0.39 is 11.7 Å². The lowest BCUT2D eigenvalue weighted by molar-refractivity contribution is -0.137. The van der Waals surface area contributed by atoms with Crippen molar-refractivity contribution in [2.75, 3.05) is 18.0 Å². The van der Waals surface area contributed by atoms with Gasteiger partial charge in [-0.15, -0.1) is 0 Å². The van der Waals surface area contributed by atoms with Gasteiger partial charge < -0.3 is 15.2 Å². The molecular formula is C19H17F3N4O. The topological polar surface area (TPSA) is 61.0 Å². The zero-order chi connectivity index (χ0) is 19.0. The van der Waals surface area contributed by atoms with Crippen LogP contribution in [0, 0.1) is 0 Å². The molecule has 5 nitrogen and oxygen atoms in total. The molecule has 1 atom stereocenters. The van der Waals surface area contributed by atoms with Crippen molar-refractivity contribution in [2.45, 2.75) is 18.6 Å². The van der Waals surface area contributed by atoms with Crippen molar-refractivity contribution in [3.8, 4) is 0 Å². The Bertz CT molecular complexity index is 932. The molecular weight excluding hydrogens is 357 g/mol. The Balaban J connectivity index is 1.40. The first-order chi connectivity index (χ1) is 12.9. The lowest BCUT2D eigenvalue weighted by atomic mass is 10.2. The van der Waals surface area contributed by atoms with Crippen LogP contribution in [0.2, 0.25) is 0 Å². The number of hydrogen-bond acceptors (Lipinski definition) is 3. The molecule has 1 aliphatic rings. The molecule has 1 fully saturated rings. The highest BCUT2D eigenvalue weighted by atomic mass is 19.4. The molecule has 2 aromatic heterocycles. The molecule has 3 heterocycles. The average molecular weight is 374 g/mol. The number of hydrogen-bond donors (Lipinski definition) is 2. The predicted octanol–water partition coefficient (Wildman–Crippen LogP) is 3.59. The van der Waals surface area contributed by atoms with Crippen LogP contribution >= 0.6 is 0 Å². The van der Waals surface area contributed by atoms with Gasteiger partial charge >= 0.3 is 6.18 Å². The van der Waals surface area contributed by atoms with Crippen molar-refractivity contribution < 1.29 is 18.0 Å². The average Bonchev–Trinajstić information content (AvgIpc) is 3.28. The van der Waals surface area contributed by atoms with Crippen molar-refractivity contribution in [2.24, 2.45) is 0 Å². The molecule has 4 rings (SSSR count). The number of alkyl halides is 3. The number of fused-ring (bicyclic) bond motifs is 1. The van der Waals surface area contributed by atoms with E-state index in [2.05, 4.69) is 15.3 Å². The number of halogens is 3. The van der Waals surface area contributed by atoms with E-state index in [1.54, 1.807) is 6.07 Å². The van der Waals surface area contributed by atoms with E-state index in [9.17, 15) is 18.0 Å². The van der Waals surface area contributed by atoms with Gasteiger partial charge in [-0.1, -0.05) is 18.2 Å². The fraction of sp³-hybridized carbons (Fsp3) is 0.263. The second-order valence-corrected chi connectivity index (χ2v) is 6.58. The molecule has 8 heteroatoms. The second kappa shape index (κ2) is 6.61. The minimum absolute atomic E-state index is 0.0898. The number of H-pyrrole nitrogens is 1. The van der Waals surface area contributed by atoms with E-state index >= 15 is 0 Å². The molecule has 0 aliphatic carbocycles. The minimum atomic E-state index is -4.40. The van der Waals surface area contributed by atoms with Crippen LogP contribution in [-0.2, 0) is 6.18 Å². The van der Waals surface area contributed by atoms with Crippen molar-refractivity contribution in [1.82, 2.24) is 15.3 Å². The summed E-state index contributed by atoms with van der Waals surface area (Å²) in [6, 6.07) is 11.7. The molecule has 27 heavy (non-hydrogen) atoms. The summed E-state index contributed by atoms with van der Waals surface area (Å²) in [5, 5.41) is 3.93. The lowest BCUT2D eigenvalue weighted by Crippen LogP contribution is -2.37. The summed E-state index contributed by atoms with van der Waals surface area (Å²) in [6.45, 7) is 1.13. The summed E-state index contributed by atoms with van der Waals surface area (Å²) in [6.07, 6.45) is -2.85. The first-order valence-corrected chi connectivity index (χ1v) is 8.57. The van der Waals surface area contributed by atoms with Crippen LogP contribution in [0.4, 0.5) is 19.0 Å². The van der Waals surface area contributed by atoms with E-state index in [1.807, 2.05) is 29.2 Å². The zero-order valence-electron chi connectivity index (χ0n) is 14.3. The van der Waals surface area contributed by atoms with Gasteiger partial charge in [-0.25, -0.2) is 4.98 Å². The second-order valence-electron chi connectivity index (χ2n) is 6.58. The molecule has 0 spiro atoms. The third kappa shape index (κ3) is 3.60. The van der Waals surface area contributed by atoms with Gasteiger partial charge in [0.25, 0.3) is 5.91 Å². The third-order valence-electron chi connectivity index (χ3n) is 4.70. The minimum Gasteiger partial charge on any atom is -0.354 e. The van der Waals surface area contributed by atoms with Crippen LogP contribution in [-0.4, -0.2) is 35.0 Å². The summed E-state index contributed by atoms with van der Waals surface area (Å²) < 4.78 is 37.9. The van der Waals surface area contributed by atoms with Crippen LogP contribution in [0.15, 0.2) is 48.7 Å². The number of aromatic nitrogens is 2. The number of nitrogens with zero attached hydrogens (tertiary/aromatic N) is 2. The Hall–Kier alpha value is -3.03. The fourth-order valence-electron chi connectivity index (χ4n) is 3.29. The SMILES string of the molecule is O=C(NC1CCN(c2ccc(C(F)(F)F)cn2)C1)c1cc2ccccc2[nH]1. The summed E-state index contributed by atoms with van der Waals surface area (Å²) in [5.41, 5.74) is 0.612. The molecule has 2 N–H and O–H groups in total. The number of carbonyl (C=O) groups excluding carboxylic acids is 1. The zero-order valence-corrected chi connectivity index (χ0v) is 14.3. The molecule has 0 bridgehead atoms. The third-order valence-corrected chi connectivity index (χ3v) is 4.70. The van der Waals surface area contributed by atoms with Crippen LogP contribution < -0.4 is 10.2 Å². The molecule has 0 saturated carbocycles. The lowest BCUT2D eigenvalue weighted by Gasteiger charge is -2.18. The van der Waals surface area contributed by atoms with Crippen LogP contribution in [0.1, 0.15) is 22.5 Å². The smallest absolute Gasteiger partial charge is 0.354 e. The van der Waals surface area contributed by atoms with Crippen LogP contribution in [0.5, 0.6) is 0 Å². The Kier molecular flexibility index (Phi) is 4.25. The Morgan fingerprint density at radius 2 is 2.04 bits per heavy atom. The Labute approximate surface area is 153 Å². The van der Waals surface area contributed by atoms with Crippen molar-refractivity contribution in [1.29, 1.82) is 0 Å². The number of aromatic amines is 1. The van der Waals surface area contributed by atoms with Gasteiger partial charge in [-0.05, 0) is 30.7 Å². The number of nitrogens with one attached hydrogen (secondary N) is 2. The summed E-state index contributed by atoms with van der Waals surface area (Å²) >= 11 is 0. The quantitative estimate of drug-likeness (QED) is 0.737. The monoisotopic (exact) mass is 374 g/mol. The number of carbonyl (C=O) groups is 1. The first-order valence-electron chi connectivity index (χ1n) is 8.57. The Morgan fingerprint density at radius 1 is 1.22 bits per heavy atom. The number of anilines is 1. The van der Waals surface area contributed by atoms with Gasteiger partial charge in [0, 0.05) is 36.2 Å². The standard InChI is InChI=1S/C19H17F3N4O/c20-19(21,22)13-5-6-17(23-10-13)26-8-7-14(11-26)24-18(27)16-9-12-3-1-2-4-15(12)25-16/h1-6,9-10,14,25H,7-8,11H2,(H,24,27). The van der Waals surface area contributed by atoms with Gasteiger partial charge in [0.1, 0.15) is 11.5 Å². The van der Waals surface area contributed by atoms with Gasteiger partial charge in [0.05, 0.1) is 5.56 Å². The molecule has 1 saturated heterocycles. The molecule has 1 unspecified atom stereocenters. The number of rotatable bonds is 3. The molecule has 1 aliphatic heterocycles. The molecule has 140 valence electrons. The van der Waals surface area contributed by atoms with E-state index in [4.69, 9.17) is 0 Å². The van der Waals surface area contributed by atoms with Crippen LogP contribution in [0.3, 0.4) is 0 Å². The summed E-state index contributed by atoms with van der Waals surface area (Å²) in [7, 11) is 0. The van der Waals surface area contributed by atoms with Crippen molar-refractivity contribution in [3.63, 3.8) is 0 Å². The van der Waals surface area contributed by atoms with Crippen molar-refractivity contribution in [3.05, 3.63) is 59.9 Å². The number of pyridine rings is 1. The first kappa shape index (κ1) is 17.4. The highest BCUT2D eigenvalue weighted by Gasteiger charge is 2.31. The molecule has 3 aromatic rings. The maximum atomic E-state index is 12.6. The van der Waals surface area contributed by atoms with Crippen molar-refractivity contribution >= 4 is 22.6 Å². The maximum Gasteiger partial charge on any atom is 0.417 e. The highest BCUT2D eigenvalue weighted by Crippen LogP contribution is 2.30. The van der Waals surface area contributed by atoms with Gasteiger partial charge in [0.2, 0.25) is 0 Å². The number of benzene rings is 1. The molecule has 0 radical (unpaired) electrons. The van der Waals surface area contributed by atoms with Gasteiger partial charge in [-0.2, -0.15) is 13.2 Å². The highest BCUT2D eigenvalue weighted by molar-refractivity contribution is 5.98. The van der Waals surface area contributed by atoms with E-state index in [-0.39, 0.29) is 11.9 Å². The fourth-order valence-corrected chi connectivity index (χ4v) is 3.29. The van der Waals surface area contributed by atoms with E-state index in [0.29, 0.717) is 31.0 Å². The molecule has 1 aromatic carbocycles. The van der Waals surface area contributed by atoms with Gasteiger partial charge in [-0.3, -0.25) is 4.79 Å². The molecule has 1 amide bonds. The predicted molar refractivity (Wildman–Crippen MR) is 95.6 cm³/mol. The number of para-hydroxylation sites is 1. The normalized spacial score (nSPS) is 17.4. The van der Waals surface area contributed by atoms with Crippen LogP contribution in [0.25, 0.3) is 10.9 Å². The Morgan fingerprint density at radius 3 is 2.74 bits per heavy atom. The largest absolute Gasteiger partial charge is 0.417 e. The van der Waals surface area contributed by atoms with Gasteiger partial charge in [0.15, 0.2) is 0 Å². The number of amides is 1. The summed E-state index contributed by atoms with van der Waals surface area (Å²) in [5.74, 6) is 0.281. The maximum absolute atomic E-state index is 12.6. The summed E-state index contributed by atoms with van der Waals surface area (Å²) in [4.78, 5) is 21.3. The van der Waals surface area contributed by atoms with E-state index in [1.165, 1.54) is 6.07 Å².